The van der Waals surface area contributed by atoms with Gasteiger partial charge in [0.1, 0.15) is 9.88 Å². The monoisotopic (exact) mass is 528 g/mol. The summed E-state index contributed by atoms with van der Waals surface area (Å²) in [6, 6.07) is 8.49. The molecule has 30 heavy (non-hydrogen) atoms. The van der Waals surface area contributed by atoms with Crippen LogP contribution >= 0.6 is 38.6 Å². The summed E-state index contributed by atoms with van der Waals surface area (Å²) in [4.78, 5) is 14.1. The Labute approximate surface area is 192 Å². The van der Waals surface area contributed by atoms with Crippen molar-refractivity contribution in [2.45, 2.75) is 38.0 Å². The molecule has 7 nitrogen and oxygen atoms in total. The highest BCUT2D eigenvalue weighted by Crippen LogP contribution is 2.27. The van der Waals surface area contributed by atoms with E-state index in [1.54, 1.807) is 24.3 Å². The number of thiophene rings is 1. The summed E-state index contributed by atoms with van der Waals surface area (Å²) in [5.41, 5.74) is 0.925. The van der Waals surface area contributed by atoms with E-state index in [0.717, 1.165) is 19.9 Å². The average Bonchev–Trinajstić information content (AvgIpc) is 3.27. The van der Waals surface area contributed by atoms with E-state index in [1.807, 2.05) is 26.8 Å². The third kappa shape index (κ3) is 5.65. The Morgan fingerprint density at radius 3 is 2.43 bits per heavy atom. The molecule has 11 heteroatoms. The topological polar surface area (TPSA) is 101 Å². The van der Waals surface area contributed by atoms with Gasteiger partial charge >= 0.3 is 0 Å². The molecule has 0 radical (unpaired) electrons. The van der Waals surface area contributed by atoms with Gasteiger partial charge in [-0.25, -0.2) is 8.42 Å². The van der Waals surface area contributed by atoms with Crippen LogP contribution in [-0.4, -0.2) is 31.1 Å². The Morgan fingerprint density at radius 2 is 1.87 bits per heavy atom. The van der Waals surface area contributed by atoms with Gasteiger partial charge in [-0.2, -0.15) is 0 Å². The van der Waals surface area contributed by atoms with Gasteiger partial charge in [-0.15, -0.1) is 21.5 Å². The standard InChI is InChI=1S/C19H21BrN4O3S3/c1-11(2)18-22-23-19(29-18)24-30(26,27)14-6-4-13(5-7-14)8-9-21-17(25)16-15(20)10-12(3)28-16/h4-7,10-11H,8-9H2,1-3H3,(H,21,25)(H,23,24). The van der Waals surface area contributed by atoms with E-state index in [-0.39, 0.29) is 21.9 Å². The number of nitrogens with zero attached hydrogens (tertiary/aromatic N) is 2. The fraction of sp³-hybridized carbons (Fsp3) is 0.316. The summed E-state index contributed by atoms with van der Waals surface area (Å²) in [6.45, 7) is 6.35. The number of aromatic nitrogens is 2. The Kier molecular flexibility index (Phi) is 7.27. The quantitative estimate of drug-likeness (QED) is 0.445. The lowest BCUT2D eigenvalue weighted by molar-refractivity contribution is 0.0957. The van der Waals surface area contributed by atoms with Crippen molar-refractivity contribution >= 4 is 59.7 Å². The maximum Gasteiger partial charge on any atom is 0.263 e. The molecule has 2 heterocycles. The zero-order valence-electron chi connectivity index (χ0n) is 16.6. The van der Waals surface area contributed by atoms with Crippen molar-refractivity contribution < 1.29 is 13.2 Å². The first-order valence-electron chi connectivity index (χ1n) is 9.15. The summed E-state index contributed by atoms with van der Waals surface area (Å²) in [7, 11) is -3.73. The molecule has 3 rings (SSSR count). The fourth-order valence-electron chi connectivity index (χ4n) is 2.56. The number of amides is 1. The predicted molar refractivity (Wildman–Crippen MR) is 124 cm³/mol. The number of sulfonamides is 1. The van der Waals surface area contributed by atoms with Gasteiger partial charge < -0.3 is 5.32 Å². The minimum absolute atomic E-state index is 0.124. The molecule has 0 spiro atoms. The van der Waals surface area contributed by atoms with E-state index < -0.39 is 10.0 Å². The number of carbonyl (C=O) groups excluding carboxylic acids is 1. The number of carbonyl (C=O) groups is 1. The minimum Gasteiger partial charge on any atom is -0.351 e. The van der Waals surface area contributed by atoms with Crippen molar-refractivity contribution in [2.24, 2.45) is 0 Å². The van der Waals surface area contributed by atoms with Crippen molar-refractivity contribution in [3.63, 3.8) is 0 Å². The molecule has 0 bridgehead atoms. The minimum atomic E-state index is -3.73. The number of halogens is 1. The molecular formula is C19H21BrN4O3S3. The number of hydrogen-bond acceptors (Lipinski definition) is 7. The smallest absolute Gasteiger partial charge is 0.263 e. The first-order chi connectivity index (χ1) is 14.2. The van der Waals surface area contributed by atoms with Crippen molar-refractivity contribution in [1.82, 2.24) is 15.5 Å². The van der Waals surface area contributed by atoms with E-state index in [0.29, 0.717) is 17.8 Å². The van der Waals surface area contributed by atoms with Gasteiger partial charge in [0.05, 0.1) is 4.90 Å². The number of hydrogen-bond donors (Lipinski definition) is 2. The lowest BCUT2D eigenvalue weighted by Crippen LogP contribution is -2.25. The average molecular weight is 530 g/mol. The highest BCUT2D eigenvalue weighted by atomic mass is 79.9. The molecule has 1 amide bonds. The Balaban J connectivity index is 1.57. The van der Waals surface area contributed by atoms with E-state index in [4.69, 9.17) is 0 Å². The largest absolute Gasteiger partial charge is 0.351 e. The first kappa shape index (κ1) is 22.9. The van der Waals surface area contributed by atoms with Gasteiger partial charge in [-0.05, 0) is 53.0 Å². The van der Waals surface area contributed by atoms with Crippen molar-refractivity contribution in [3.8, 4) is 0 Å². The first-order valence-corrected chi connectivity index (χ1v) is 13.1. The van der Waals surface area contributed by atoms with E-state index in [1.165, 1.54) is 22.7 Å². The van der Waals surface area contributed by atoms with Gasteiger partial charge in [-0.1, -0.05) is 37.3 Å². The second kappa shape index (κ2) is 9.54. The molecule has 0 saturated carbocycles. The van der Waals surface area contributed by atoms with Crippen molar-refractivity contribution in [3.05, 3.63) is 55.1 Å². The molecule has 0 saturated heterocycles. The van der Waals surface area contributed by atoms with Crippen LogP contribution in [-0.2, 0) is 16.4 Å². The molecule has 0 atom stereocenters. The summed E-state index contributed by atoms with van der Waals surface area (Å²) in [5.74, 6) is 0.0617. The number of benzene rings is 1. The molecule has 2 aromatic heterocycles. The van der Waals surface area contributed by atoms with Gasteiger partial charge in [0.15, 0.2) is 0 Å². The van der Waals surface area contributed by atoms with Crippen LogP contribution in [0.3, 0.4) is 0 Å². The third-order valence-corrected chi connectivity index (χ3v) is 8.67. The third-order valence-electron chi connectivity index (χ3n) is 4.11. The van der Waals surface area contributed by atoms with Crippen LogP contribution in [0.25, 0.3) is 0 Å². The number of rotatable bonds is 8. The summed E-state index contributed by atoms with van der Waals surface area (Å²) in [6.07, 6.45) is 0.593. The molecule has 0 unspecified atom stereocenters. The predicted octanol–water partition coefficient (Wildman–Crippen LogP) is 4.57. The maximum absolute atomic E-state index is 12.6. The Hall–Kier alpha value is -1.82. The normalized spacial score (nSPS) is 11.6. The summed E-state index contributed by atoms with van der Waals surface area (Å²) in [5, 5.41) is 11.8. The van der Waals surface area contributed by atoms with Crippen molar-refractivity contribution in [1.29, 1.82) is 0 Å². The molecule has 2 N–H and O–H groups in total. The van der Waals surface area contributed by atoms with E-state index in [2.05, 4.69) is 36.2 Å². The van der Waals surface area contributed by atoms with Crippen LogP contribution in [0.4, 0.5) is 5.13 Å². The number of aryl methyl sites for hydroxylation is 1. The van der Waals surface area contributed by atoms with Crippen LogP contribution in [0.1, 0.15) is 44.9 Å². The Bertz CT molecular complexity index is 1140. The molecule has 0 aliphatic rings. The van der Waals surface area contributed by atoms with Crippen LogP contribution < -0.4 is 10.0 Å². The van der Waals surface area contributed by atoms with Gasteiger partial charge in [0.25, 0.3) is 15.9 Å². The van der Waals surface area contributed by atoms with Crippen LogP contribution in [0.2, 0.25) is 0 Å². The molecular weight excluding hydrogens is 508 g/mol. The zero-order chi connectivity index (χ0) is 21.9. The second-order valence-electron chi connectivity index (χ2n) is 6.89. The van der Waals surface area contributed by atoms with Crippen molar-refractivity contribution in [2.75, 3.05) is 11.3 Å². The fourth-order valence-corrected chi connectivity index (χ4v) is 6.27. The molecule has 1 aromatic carbocycles. The van der Waals surface area contributed by atoms with Gasteiger partial charge in [-0.3, -0.25) is 9.52 Å². The molecule has 3 aromatic rings. The highest BCUT2D eigenvalue weighted by Gasteiger charge is 2.18. The van der Waals surface area contributed by atoms with E-state index in [9.17, 15) is 13.2 Å². The van der Waals surface area contributed by atoms with E-state index >= 15 is 0 Å². The van der Waals surface area contributed by atoms with Crippen LogP contribution in [0.15, 0.2) is 39.7 Å². The van der Waals surface area contributed by atoms with Gasteiger partial charge in [0, 0.05) is 21.8 Å². The van der Waals surface area contributed by atoms with Gasteiger partial charge in [0.2, 0.25) is 5.13 Å². The SMILES string of the molecule is Cc1cc(Br)c(C(=O)NCCc2ccc(S(=O)(=O)Nc3nnc(C(C)C)s3)cc2)s1. The number of anilines is 1. The zero-order valence-corrected chi connectivity index (χ0v) is 20.6. The summed E-state index contributed by atoms with van der Waals surface area (Å²) >= 11 is 6.05. The van der Waals surface area contributed by atoms with Crippen LogP contribution in [0, 0.1) is 6.92 Å². The molecule has 0 fully saturated rings. The van der Waals surface area contributed by atoms with Crippen LogP contribution in [0.5, 0.6) is 0 Å². The molecule has 160 valence electrons. The highest BCUT2D eigenvalue weighted by molar-refractivity contribution is 9.10. The molecule has 0 aliphatic heterocycles. The lowest BCUT2D eigenvalue weighted by atomic mass is 10.1. The number of nitrogens with one attached hydrogen (secondary N) is 2. The molecule has 0 aliphatic carbocycles. The maximum atomic E-state index is 12.6. The lowest BCUT2D eigenvalue weighted by Gasteiger charge is -2.07. The second-order valence-corrected chi connectivity index (χ2v) is 11.7. The Morgan fingerprint density at radius 1 is 1.17 bits per heavy atom. The summed E-state index contributed by atoms with van der Waals surface area (Å²) < 4.78 is 28.4.